The molecule has 0 spiro atoms. The van der Waals surface area contributed by atoms with Crippen molar-refractivity contribution in [1.82, 2.24) is 15.5 Å². The van der Waals surface area contributed by atoms with Gasteiger partial charge >= 0.3 is 6.09 Å². The molecule has 1 aromatic rings. The van der Waals surface area contributed by atoms with Crippen LogP contribution in [0.3, 0.4) is 0 Å². The molecule has 0 heterocycles. The summed E-state index contributed by atoms with van der Waals surface area (Å²) in [5.74, 6) is 1.88. The summed E-state index contributed by atoms with van der Waals surface area (Å²) < 4.78 is 5.19. The Labute approximate surface area is 185 Å². The van der Waals surface area contributed by atoms with E-state index in [-0.39, 0.29) is 18.5 Å². The summed E-state index contributed by atoms with van der Waals surface area (Å²) in [6.45, 7) is 11.1. The van der Waals surface area contributed by atoms with Gasteiger partial charge in [-0.15, -0.1) is 6.42 Å². The molecule has 1 unspecified atom stereocenters. The summed E-state index contributed by atoms with van der Waals surface area (Å²) in [5, 5.41) is 5.39. The summed E-state index contributed by atoms with van der Waals surface area (Å²) in [7, 11) is 0. The van der Waals surface area contributed by atoms with Crippen molar-refractivity contribution in [2.24, 2.45) is 0 Å². The van der Waals surface area contributed by atoms with Crippen LogP contribution in [0.2, 0.25) is 0 Å². The van der Waals surface area contributed by atoms with E-state index in [1.54, 1.807) is 45.0 Å². The van der Waals surface area contributed by atoms with Crippen LogP contribution in [-0.4, -0.2) is 47.5 Å². The molecule has 31 heavy (non-hydrogen) atoms. The van der Waals surface area contributed by atoms with Crippen molar-refractivity contribution in [3.8, 4) is 12.3 Å². The summed E-state index contributed by atoms with van der Waals surface area (Å²) in [6, 6.07) is 5.85. The van der Waals surface area contributed by atoms with Gasteiger partial charge in [-0.25, -0.2) is 4.79 Å². The highest BCUT2D eigenvalue weighted by Crippen LogP contribution is 2.24. The molecule has 0 aliphatic rings. The van der Waals surface area contributed by atoms with E-state index in [0.717, 1.165) is 12.8 Å². The molecule has 0 radical (unpaired) electrons. The molecule has 0 aliphatic carbocycles. The van der Waals surface area contributed by atoms with Gasteiger partial charge in [-0.2, -0.15) is 0 Å². The first-order valence-electron chi connectivity index (χ1n) is 10.6. The summed E-state index contributed by atoms with van der Waals surface area (Å²) in [5.41, 5.74) is 0.654. The molecule has 7 nitrogen and oxygen atoms in total. The first-order chi connectivity index (χ1) is 14.5. The van der Waals surface area contributed by atoms with Crippen molar-refractivity contribution in [3.05, 3.63) is 35.4 Å². The van der Waals surface area contributed by atoms with E-state index in [4.69, 9.17) is 11.2 Å². The van der Waals surface area contributed by atoms with Gasteiger partial charge in [0.25, 0.3) is 0 Å². The molecule has 0 bridgehead atoms. The van der Waals surface area contributed by atoms with Crippen LogP contribution in [0.1, 0.15) is 71.6 Å². The second-order valence-corrected chi connectivity index (χ2v) is 8.56. The number of hydrogen-bond acceptors (Lipinski definition) is 4. The molecular weight excluding hydrogens is 394 g/mol. The molecular formula is C24H35N3O4. The predicted octanol–water partition coefficient (Wildman–Crippen LogP) is 3.39. The van der Waals surface area contributed by atoms with Gasteiger partial charge in [0.05, 0.1) is 0 Å². The maximum atomic E-state index is 13.1. The summed E-state index contributed by atoms with van der Waals surface area (Å²) >= 11 is 0. The first-order valence-corrected chi connectivity index (χ1v) is 10.6. The Balaban J connectivity index is 3.13. The zero-order valence-corrected chi connectivity index (χ0v) is 19.5. The van der Waals surface area contributed by atoms with Crippen molar-refractivity contribution in [2.75, 3.05) is 13.1 Å². The molecule has 3 amide bonds. The standard InChI is InChI=1S/C24H35N3O4/c1-8-10-15-25-22(29)21(19-13-11-18(9-2)12-14-19)27(17(3)4)20(28)16-26-23(30)31-24(5,6)7/h2,11-14,17,21H,8,10,15-16H2,1,3-7H3,(H,25,29)(H,26,30). The molecule has 0 aliphatic heterocycles. The molecule has 1 rings (SSSR count). The Kier molecular flexibility index (Phi) is 10.1. The fraction of sp³-hybridized carbons (Fsp3) is 0.542. The highest BCUT2D eigenvalue weighted by atomic mass is 16.6. The molecule has 1 aromatic carbocycles. The van der Waals surface area contributed by atoms with Crippen molar-refractivity contribution in [1.29, 1.82) is 0 Å². The third-order valence-corrected chi connectivity index (χ3v) is 4.38. The first kappa shape index (κ1) is 26.0. The largest absolute Gasteiger partial charge is 0.444 e. The summed E-state index contributed by atoms with van der Waals surface area (Å²) in [6.07, 6.45) is 6.53. The molecule has 0 fully saturated rings. The lowest BCUT2D eigenvalue weighted by Gasteiger charge is -2.34. The Morgan fingerprint density at radius 1 is 1.13 bits per heavy atom. The SMILES string of the molecule is C#Cc1ccc(C(C(=O)NCCCC)N(C(=O)CNC(=O)OC(C)(C)C)C(C)C)cc1. The van der Waals surface area contributed by atoms with Crippen LogP contribution in [0.4, 0.5) is 4.79 Å². The van der Waals surface area contributed by atoms with Crippen LogP contribution < -0.4 is 10.6 Å². The lowest BCUT2D eigenvalue weighted by atomic mass is 10.0. The number of benzene rings is 1. The second kappa shape index (κ2) is 12.0. The van der Waals surface area contributed by atoms with Crippen LogP contribution >= 0.6 is 0 Å². The van der Waals surface area contributed by atoms with Crippen LogP contribution in [0.25, 0.3) is 0 Å². The molecule has 7 heteroatoms. The van der Waals surface area contributed by atoms with E-state index in [2.05, 4.69) is 16.6 Å². The molecule has 0 aromatic heterocycles. The van der Waals surface area contributed by atoms with Crippen LogP contribution in [0.15, 0.2) is 24.3 Å². The van der Waals surface area contributed by atoms with E-state index < -0.39 is 23.6 Å². The van der Waals surface area contributed by atoms with Gasteiger partial charge in [0.1, 0.15) is 18.2 Å². The minimum Gasteiger partial charge on any atom is -0.444 e. The third kappa shape index (κ3) is 8.71. The molecule has 1 atom stereocenters. The van der Waals surface area contributed by atoms with Crippen LogP contribution in [-0.2, 0) is 14.3 Å². The van der Waals surface area contributed by atoms with Crippen molar-refractivity contribution < 1.29 is 19.1 Å². The normalized spacial score (nSPS) is 11.9. The lowest BCUT2D eigenvalue weighted by molar-refractivity contribution is -0.142. The predicted molar refractivity (Wildman–Crippen MR) is 121 cm³/mol. The van der Waals surface area contributed by atoms with Gasteiger partial charge in [-0.1, -0.05) is 31.4 Å². The third-order valence-electron chi connectivity index (χ3n) is 4.38. The second-order valence-electron chi connectivity index (χ2n) is 8.56. The Morgan fingerprint density at radius 2 is 1.74 bits per heavy atom. The Hall–Kier alpha value is -3.01. The zero-order chi connectivity index (χ0) is 23.6. The number of carbonyl (C=O) groups is 3. The number of terminal acetylenes is 1. The maximum Gasteiger partial charge on any atom is 0.408 e. The van der Waals surface area contributed by atoms with Gasteiger partial charge in [-0.05, 0) is 58.7 Å². The quantitative estimate of drug-likeness (QED) is 0.465. The molecule has 0 saturated heterocycles. The van der Waals surface area contributed by atoms with Crippen LogP contribution in [0, 0.1) is 12.3 Å². The number of hydrogen-bond donors (Lipinski definition) is 2. The highest BCUT2D eigenvalue weighted by Gasteiger charge is 2.33. The zero-order valence-electron chi connectivity index (χ0n) is 19.5. The van der Waals surface area contributed by atoms with Crippen molar-refractivity contribution in [2.45, 2.75) is 72.1 Å². The van der Waals surface area contributed by atoms with Crippen molar-refractivity contribution >= 4 is 17.9 Å². The van der Waals surface area contributed by atoms with E-state index in [0.29, 0.717) is 17.7 Å². The van der Waals surface area contributed by atoms with E-state index >= 15 is 0 Å². The number of nitrogens with zero attached hydrogens (tertiary/aromatic N) is 1. The van der Waals surface area contributed by atoms with Gasteiger partial charge < -0.3 is 20.3 Å². The number of carbonyl (C=O) groups excluding carboxylic acids is 3. The molecule has 2 N–H and O–H groups in total. The monoisotopic (exact) mass is 429 g/mol. The average molecular weight is 430 g/mol. The fourth-order valence-corrected chi connectivity index (χ4v) is 2.97. The maximum absolute atomic E-state index is 13.1. The van der Waals surface area contributed by atoms with Crippen molar-refractivity contribution in [3.63, 3.8) is 0 Å². The number of amides is 3. The van der Waals surface area contributed by atoms with Gasteiger partial charge in [0.15, 0.2) is 0 Å². The number of unbranched alkanes of at least 4 members (excludes halogenated alkanes) is 1. The average Bonchev–Trinajstić information content (AvgIpc) is 2.68. The molecule has 0 saturated carbocycles. The van der Waals surface area contributed by atoms with Gasteiger partial charge in [0, 0.05) is 18.2 Å². The minimum absolute atomic E-state index is 0.277. The lowest BCUT2D eigenvalue weighted by Crippen LogP contribution is -2.50. The number of rotatable bonds is 9. The Bertz CT molecular complexity index is 789. The van der Waals surface area contributed by atoms with Gasteiger partial charge in [0.2, 0.25) is 11.8 Å². The topological polar surface area (TPSA) is 87.7 Å². The van der Waals surface area contributed by atoms with Gasteiger partial charge in [-0.3, -0.25) is 9.59 Å². The Morgan fingerprint density at radius 3 is 2.23 bits per heavy atom. The summed E-state index contributed by atoms with van der Waals surface area (Å²) in [4.78, 5) is 39.6. The molecule has 170 valence electrons. The minimum atomic E-state index is -0.850. The van der Waals surface area contributed by atoms with Crippen LogP contribution in [0.5, 0.6) is 0 Å². The fourth-order valence-electron chi connectivity index (χ4n) is 2.97. The number of nitrogens with one attached hydrogen (secondary N) is 2. The number of alkyl carbamates (subject to hydrolysis) is 1. The smallest absolute Gasteiger partial charge is 0.408 e. The number of ether oxygens (including phenoxy) is 1. The van der Waals surface area contributed by atoms with E-state index in [1.807, 2.05) is 20.8 Å². The highest BCUT2D eigenvalue weighted by molar-refractivity contribution is 5.90. The van der Waals surface area contributed by atoms with E-state index in [1.165, 1.54) is 4.90 Å². The van der Waals surface area contributed by atoms with E-state index in [9.17, 15) is 14.4 Å².